The van der Waals surface area contributed by atoms with Gasteiger partial charge < -0.3 is 0 Å². The summed E-state index contributed by atoms with van der Waals surface area (Å²) in [5, 5.41) is 1.10. The van der Waals surface area contributed by atoms with E-state index in [-0.39, 0.29) is 17.9 Å². The molecular formula is C20H23N3O3S2. The highest BCUT2D eigenvalue weighted by atomic mass is 32.2. The second-order valence-corrected chi connectivity index (χ2v) is 9.62. The van der Waals surface area contributed by atoms with Crippen LogP contribution in [0.2, 0.25) is 0 Å². The van der Waals surface area contributed by atoms with Gasteiger partial charge in [0.25, 0.3) is 5.56 Å². The Morgan fingerprint density at radius 1 is 1.11 bits per heavy atom. The molecule has 0 radical (unpaired) electrons. The number of rotatable bonds is 7. The van der Waals surface area contributed by atoms with Crippen molar-refractivity contribution in [1.29, 1.82) is 0 Å². The zero-order valence-corrected chi connectivity index (χ0v) is 17.7. The molecule has 0 unspecified atom stereocenters. The molecule has 1 aromatic heterocycles. The van der Waals surface area contributed by atoms with E-state index < -0.39 is 10.0 Å². The third-order valence-corrected chi connectivity index (χ3v) is 6.87. The third-order valence-electron chi connectivity index (χ3n) is 4.53. The van der Waals surface area contributed by atoms with Gasteiger partial charge in [-0.3, -0.25) is 9.36 Å². The summed E-state index contributed by atoms with van der Waals surface area (Å²) in [7, 11) is -3.24. The number of aryl methyl sites for hydroxylation is 2. The maximum atomic E-state index is 13.2. The summed E-state index contributed by atoms with van der Waals surface area (Å²) in [5.74, 6) is 0.508. The molecule has 148 valence electrons. The topological polar surface area (TPSA) is 81.1 Å². The van der Waals surface area contributed by atoms with E-state index in [2.05, 4.69) is 9.71 Å². The van der Waals surface area contributed by atoms with E-state index in [1.807, 2.05) is 50.2 Å². The molecule has 0 spiro atoms. The maximum absolute atomic E-state index is 13.2. The molecule has 0 aliphatic heterocycles. The number of fused-ring (bicyclic) bond motifs is 1. The van der Waals surface area contributed by atoms with Gasteiger partial charge >= 0.3 is 0 Å². The smallest absolute Gasteiger partial charge is 0.266 e. The number of para-hydroxylation sites is 1. The van der Waals surface area contributed by atoms with E-state index in [0.717, 1.165) is 16.8 Å². The third kappa shape index (κ3) is 4.45. The molecule has 0 aliphatic carbocycles. The van der Waals surface area contributed by atoms with Crippen LogP contribution < -0.4 is 10.3 Å². The highest BCUT2D eigenvalue weighted by Gasteiger charge is 2.14. The summed E-state index contributed by atoms with van der Waals surface area (Å²) < 4.78 is 27.4. The fourth-order valence-electron chi connectivity index (χ4n) is 2.74. The largest absolute Gasteiger partial charge is 0.268 e. The number of benzene rings is 2. The van der Waals surface area contributed by atoms with Gasteiger partial charge in [0.1, 0.15) is 0 Å². The van der Waals surface area contributed by atoms with Crippen LogP contribution in [0.25, 0.3) is 16.6 Å². The minimum atomic E-state index is -3.24. The van der Waals surface area contributed by atoms with Crippen LogP contribution in [0.5, 0.6) is 0 Å². The van der Waals surface area contributed by atoms with Crippen LogP contribution >= 0.6 is 11.8 Å². The van der Waals surface area contributed by atoms with Gasteiger partial charge in [-0.2, -0.15) is 0 Å². The molecular weight excluding hydrogens is 394 g/mol. The molecule has 28 heavy (non-hydrogen) atoms. The van der Waals surface area contributed by atoms with Gasteiger partial charge in [0, 0.05) is 12.3 Å². The van der Waals surface area contributed by atoms with Crippen LogP contribution in [-0.2, 0) is 10.0 Å². The maximum Gasteiger partial charge on any atom is 0.266 e. The van der Waals surface area contributed by atoms with E-state index in [0.29, 0.717) is 21.8 Å². The van der Waals surface area contributed by atoms with Crippen molar-refractivity contribution in [2.75, 3.05) is 18.1 Å². The van der Waals surface area contributed by atoms with Crippen molar-refractivity contribution in [3.63, 3.8) is 0 Å². The standard InChI is InChI=1S/C20H23N3O3S2/c1-4-28(25,26)21-11-12-27-20-22-18-8-6-5-7-17(18)19(24)23(20)16-10-9-14(2)15(3)13-16/h5-10,13,21H,4,11-12H2,1-3H3. The van der Waals surface area contributed by atoms with Crippen molar-refractivity contribution in [2.45, 2.75) is 25.9 Å². The van der Waals surface area contributed by atoms with Gasteiger partial charge in [0.15, 0.2) is 5.16 Å². The molecule has 2 aromatic carbocycles. The van der Waals surface area contributed by atoms with E-state index in [1.165, 1.54) is 11.8 Å². The lowest BCUT2D eigenvalue weighted by Gasteiger charge is -2.14. The lowest BCUT2D eigenvalue weighted by Crippen LogP contribution is -2.28. The van der Waals surface area contributed by atoms with Crippen molar-refractivity contribution in [3.8, 4) is 5.69 Å². The molecule has 0 saturated carbocycles. The quantitative estimate of drug-likeness (QED) is 0.363. The first-order chi connectivity index (χ1) is 13.3. The predicted octanol–water partition coefficient (Wildman–Crippen LogP) is 3.03. The normalized spacial score (nSPS) is 11.8. The van der Waals surface area contributed by atoms with Crippen LogP contribution in [0.3, 0.4) is 0 Å². The Morgan fingerprint density at radius 2 is 1.86 bits per heavy atom. The molecule has 0 saturated heterocycles. The average molecular weight is 418 g/mol. The summed E-state index contributed by atoms with van der Waals surface area (Å²) in [4.78, 5) is 17.8. The lowest BCUT2D eigenvalue weighted by molar-refractivity contribution is 0.585. The van der Waals surface area contributed by atoms with Crippen molar-refractivity contribution in [1.82, 2.24) is 14.3 Å². The van der Waals surface area contributed by atoms with E-state index in [1.54, 1.807) is 17.6 Å². The Labute approximate surface area is 169 Å². The van der Waals surface area contributed by atoms with Gasteiger partial charge in [-0.05, 0) is 56.2 Å². The molecule has 3 rings (SSSR count). The van der Waals surface area contributed by atoms with Crippen molar-refractivity contribution in [2.24, 2.45) is 0 Å². The number of thioether (sulfide) groups is 1. The number of aromatic nitrogens is 2. The second kappa shape index (κ2) is 8.46. The molecule has 8 heteroatoms. The minimum Gasteiger partial charge on any atom is -0.268 e. The molecule has 0 aliphatic rings. The van der Waals surface area contributed by atoms with E-state index in [9.17, 15) is 13.2 Å². The highest BCUT2D eigenvalue weighted by Crippen LogP contribution is 2.22. The van der Waals surface area contributed by atoms with Crippen LogP contribution in [0.4, 0.5) is 0 Å². The van der Waals surface area contributed by atoms with Gasteiger partial charge in [-0.1, -0.05) is 30.0 Å². The molecule has 0 atom stereocenters. The number of sulfonamides is 1. The monoisotopic (exact) mass is 417 g/mol. The summed E-state index contributed by atoms with van der Waals surface area (Å²) in [6.07, 6.45) is 0. The fourth-order valence-corrected chi connectivity index (χ4v) is 4.36. The number of nitrogens with one attached hydrogen (secondary N) is 1. The Bertz CT molecular complexity index is 1170. The summed E-state index contributed by atoms with van der Waals surface area (Å²) in [6.45, 7) is 5.90. The van der Waals surface area contributed by atoms with E-state index in [4.69, 9.17) is 0 Å². The molecule has 1 N–H and O–H groups in total. The van der Waals surface area contributed by atoms with Crippen molar-refractivity contribution >= 4 is 32.7 Å². The summed E-state index contributed by atoms with van der Waals surface area (Å²) >= 11 is 1.36. The van der Waals surface area contributed by atoms with Crippen LogP contribution in [-0.4, -0.2) is 36.0 Å². The number of hydrogen-bond donors (Lipinski definition) is 1. The van der Waals surface area contributed by atoms with Crippen molar-refractivity contribution in [3.05, 3.63) is 63.9 Å². The van der Waals surface area contributed by atoms with Crippen LogP contribution in [0.1, 0.15) is 18.1 Å². The number of nitrogens with zero attached hydrogens (tertiary/aromatic N) is 2. The van der Waals surface area contributed by atoms with Gasteiger partial charge in [0.2, 0.25) is 10.0 Å². The first-order valence-corrected chi connectivity index (χ1v) is 11.7. The lowest BCUT2D eigenvalue weighted by atomic mass is 10.1. The zero-order chi connectivity index (χ0) is 20.3. The number of hydrogen-bond acceptors (Lipinski definition) is 5. The fraction of sp³-hybridized carbons (Fsp3) is 0.300. The van der Waals surface area contributed by atoms with Crippen LogP contribution in [0.15, 0.2) is 52.4 Å². The second-order valence-electron chi connectivity index (χ2n) is 6.47. The summed E-state index contributed by atoms with van der Waals surface area (Å²) in [5.41, 5.74) is 3.48. The first kappa shape index (κ1) is 20.6. The van der Waals surface area contributed by atoms with Gasteiger partial charge in [-0.25, -0.2) is 18.1 Å². The Hall–Kier alpha value is -2.16. The Kier molecular flexibility index (Phi) is 6.22. The molecule has 0 bridgehead atoms. The van der Waals surface area contributed by atoms with Gasteiger partial charge in [-0.15, -0.1) is 0 Å². The van der Waals surface area contributed by atoms with Crippen LogP contribution in [0, 0.1) is 13.8 Å². The molecule has 1 heterocycles. The molecule has 0 fully saturated rings. The molecule has 0 amide bonds. The average Bonchev–Trinajstić information content (AvgIpc) is 2.68. The van der Waals surface area contributed by atoms with Gasteiger partial charge in [0.05, 0.1) is 22.3 Å². The zero-order valence-electron chi connectivity index (χ0n) is 16.1. The minimum absolute atomic E-state index is 0.0409. The molecule has 3 aromatic rings. The first-order valence-electron chi connectivity index (χ1n) is 9.02. The molecule has 6 nitrogen and oxygen atoms in total. The summed E-state index contributed by atoms with van der Waals surface area (Å²) in [6, 6.07) is 13.1. The SMILES string of the molecule is CCS(=O)(=O)NCCSc1nc2ccccc2c(=O)n1-c1ccc(C)c(C)c1. The Morgan fingerprint density at radius 3 is 2.57 bits per heavy atom. The van der Waals surface area contributed by atoms with E-state index >= 15 is 0 Å². The Balaban J connectivity index is 2.02. The highest BCUT2D eigenvalue weighted by molar-refractivity contribution is 7.99. The predicted molar refractivity (Wildman–Crippen MR) is 115 cm³/mol. The van der Waals surface area contributed by atoms with Crippen molar-refractivity contribution < 1.29 is 8.42 Å².